The highest BCUT2D eigenvalue weighted by Crippen LogP contribution is 2.17. The number of hydrogen-bond donors (Lipinski definition) is 0. The first-order chi connectivity index (χ1) is 11.0. The van der Waals surface area contributed by atoms with Crippen molar-refractivity contribution in [2.75, 3.05) is 27.3 Å². The second-order valence-corrected chi connectivity index (χ2v) is 5.50. The summed E-state index contributed by atoms with van der Waals surface area (Å²) in [6.45, 7) is 4.96. The van der Waals surface area contributed by atoms with Gasteiger partial charge < -0.3 is 14.4 Å². The molecule has 2 rings (SSSR count). The Kier molecular flexibility index (Phi) is 5.63. The third kappa shape index (κ3) is 4.25. The SMILES string of the molecule is COc1ccc(OCCN(C)C(=O)c2cccc(C)c2C)cc1. The van der Waals surface area contributed by atoms with Crippen LogP contribution in [0.1, 0.15) is 21.5 Å². The summed E-state index contributed by atoms with van der Waals surface area (Å²) in [6, 6.07) is 13.2. The molecule has 0 aliphatic rings. The second kappa shape index (κ2) is 7.68. The lowest BCUT2D eigenvalue weighted by Gasteiger charge is -2.19. The zero-order chi connectivity index (χ0) is 16.8. The molecule has 122 valence electrons. The van der Waals surface area contributed by atoms with Gasteiger partial charge in [-0.2, -0.15) is 0 Å². The summed E-state index contributed by atoms with van der Waals surface area (Å²) < 4.78 is 10.8. The number of likely N-dealkylation sites (N-methyl/N-ethyl adjacent to an activating group) is 1. The highest BCUT2D eigenvalue weighted by molar-refractivity contribution is 5.95. The number of aryl methyl sites for hydroxylation is 1. The summed E-state index contributed by atoms with van der Waals surface area (Å²) >= 11 is 0. The monoisotopic (exact) mass is 313 g/mol. The van der Waals surface area contributed by atoms with Gasteiger partial charge in [0.15, 0.2) is 0 Å². The van der Waals surface area contributed by atoms with Crippen molar-refractivity contribution in [3.63, 3.8) is 0 Å². The highest BCUT2D eigenvalue weighted by Gasteiger charge is 2.14. The van der Waals surface area contributed by atoms with E-state index < -0.39 is 0 Å². The van der Waals surface area contributed by atoms with E-state index in [1.807, 2.05) is 56.3 Å². The lowest BCUT2D eigenvalue weighted by Crippen LogP contribution is -2.31. The van der Waals surface area contributed by atoms with Crippen LogP contribution >= 0.6 is 0 Å². The Bertz CT molecular complexity index is 665. The van der Waals surface area contributed by atoms with Gasteiger partial charge in [-0.05, 0) is 55.3 Å². The first-order valence-electron chi connectivity index (χ1n) is 7.61. The van der Waals surface area contributed by atoms with E-state index in [4.69, 9.17) is 9.47 Å². The van der Waals surface area contributed by atoms with E-state index >= 15 is 0 Å². The first-order valence-corrected chi connectivity index (χ1v) is 7.61. The Balaban J connectivity index is 1.89. The molecule has 4 heteroatoms. The molecule has 0 aromatic heterocycles. The van der Waals surface area contributed by atoms with Crippen molar-refractivity contribution in [3.8, 4) is 11.5 Å². The summed E-state index contributed by atoms with van der Waals surface area (Å²) in [5.74, 6) is 1.57. The summed E-state index contributed by atoms with van der Waals surface area (Å²) in [5.41, 5.74) is 2.90. The molecule has 0 heterocycles. The third-order valence-corrected chi connectivity index (χ3v) is 3.94. The molecule has 0 saturated heterocycles. The molecule has 0 radical (unpaired) electrons. The minimum Gasteiger partial charge on any atom is -0.497 e. The van der Waals surface area contributed by atoms with Crippen LogP contribution in [-0.4, -0.2) is 38.1 Å². The number of hydrogen-bond acceptors (Lipinski definition) is 3. The average Bonchev–Trinajstić information content (AvgIpc) is 2.57. The molecule has 2 aromatic rings. The van der Waals surface area contributed by atoms with E-state index in [-0.39, 0.29) is 5.91 Å². The van der Waals surface area contributed by atoms with Crippen LogP contribution in [0.5, 0.6) is 11.5 Å². The number of methoxy groups -OCH3 is 1. The molecular weight excluding hydrogens is 290 g/mol. The number of rotatable bonds is 6. The summed E-state index contributed by atoms with van der Waals surface area (Å²) in [7, 11) is 3.42. The maximum absolute atomic E-state index is 12.5. The quantitative estimate of drug-likeness (QED) is 0.820. The molecule has 0 aliphatic heterocycles. The predicted molar refractivity (Wildman–Crippen MR) is 91.4 cm³/mol. The molecule has 4 nitrogen and oxygen atoms in total. The van der Waals surface area contributed by atoms with Gasteiger partial charge in [0.25, 0.3) is 5.91 Å². The van der Waals surface area contributed by atoms with E-state index in [9.17, 15) is 4.79 Å². The van der Waals surface area contributed by atoms with Crippen molar-refractivity contribution in [2.24, 2.45) is 0 Å². The van der Waals surface area contributed by atoms with Crippen molar-refractivity contribution < 1.29 is 14.3 Å². The summed E-state index contributed by atoms with van der Waals surface area (Å²) in [4.78, 5) is 14.2. The molecule has 0 fully saturated rings. The number of carbonyl (C=O) groups is 1. The smallest absolute Gasteiger partial charge is 0.253 e. The van der Waals surface area contributed by atoms with E-state index in [0.29, 0.717) is 13.2 Å². The van der Waals surface area contributed by atoms with E-state index in [1.54, 1.807) is 19.1 Å². The maximum Gasteiger partial charge on any atom is 0.253 e. The van der Waals surface area contributed by atoms with Crippen LogP contribution in [0.25, 0.3) is 0 Å². The minimum atomic E-state index is 0.0181. The second-order valence-electron chi connectivity index (χ2n) is 5.50. The van der Waals surface area contributed by atoms with E-state index in [1.165, 1.54) is 0 Å². The van der Waals surface area contributed by atoms with Gasteiger partial charge in [0.05, 0.1) is 13.7 Å². The zero-order valence-electron chi connectivity index (χ0n) is 14.1. The molecule has 0 unspecified atom stereocenters. The molecule has 0 bridgehead atoms. The predicted octanol–water partition coefficient (Wildman–Crippen LogP) is 3.46. The normalized spacial score (nSPS) is 10.3. The molecule has 1 amide bonds. The molecular formula is C19H23NO3. The fourth-order valence-electron chi connectivity index (χ4n) is 2.26. The van der Waals surface area contributed by atoms with Crippen molar-refractivity contribution in [1.82, 2.24) is 4.90 Å². The van der Waals surface area contributed by atoms with E-state index in [0.717, 1.165) is 28.2 Å². The number of nitrogens with zero attached hydrogens (tertiary/aromatic N) is 1. The van der Waals surface area contributed by atoms with Crippen LogP contribution in [0.2, 0.25) is 0 Å². The summed E-state index contributed by atoms with van der Waals surface area (Å²) in [5, 5.41) is 0. The topological polar surface area (TPSA) is 38.8 Å². The largest absolute Gasteiger partial charge is 0.497 e. The van der Waals surface area contributed by atoms with Crippen LogP contribution in [0.4, 0.5) is 0 Å². The fourth-order valence-corrected chi connectivity index (χ4v) is 2.26. The number of ether oxygens (including phenoxy) is 2. The maximum atomic E-state index is 12.5. The average molecular weight is 313 g/mol. The van der Waals surface area contributed by atoms with Gasteiger partial charge >= 0.3 is 0 Å². The molecule has 0 saturated carbocycles. The number of carbonyl (C=O) groups excluding carboxylic acids is 1. The summed E-state index contributed by atoms with van der Waals surface area (Å²) in [6.07, 6.45) is 0. The third-order valence-electron chi connectivity index (χ3n) is 3.94. The van der Waals surface area contributed by atoms with Gasteiger partial charge in [0, 0.05) is 12.6 Å². The lowest BCUT2D eigenvalue weighted by molar-refractivity contribution is 0.0773. The standard InChI is InChI=1S/C19H23NO3/c1-14-6-5-7-18(15(14)2)19(21)20(3)12-13-23-17-10-8-16(22-4)9-11-17/h5-11H,12-13H2,1-4H3. The minimum absolute atomic E-state index is 0.0181. The zero-order valence-corrected chi connectivity index (χ0v) is 14.1. The molecule has 0 atom stereocenters. The van der Waals surface area contributed by atoms with Crippen molar-refractivity contribution in [2.45, 2.75) is 13.8 Å². The molecule has 0 aliphatic carbocycles. The van der Waals surface area contributed by atoms with Crippen LogP contribution in [0.15, 0.2) is 42.5 Å². The Morgan fingerprint density at radius 1 is 1.04 bits per heavy atom. The van der Waals surface area contributed by atoms with Crippen molar-refractivity contribution in [1.29, 1.82) is 0 Å². The lowest BCUT2D eigenvalue weighted by atomic mass is 10.0. The van der Waals surface area contributed by atoms with Gasteiger partial charge in [0.2, 0.25) is 0 Å². The molecule has 23 heavy (non-hydrogen) atoms. The highest BCUT2D eigenvalue weighted by atomic mass is 16.5. The van der Waals surface area contributed by atoms with Crippen LogP contribution < -0.4 is 9.47 Å². The van der Waals surface area contributed by atoms with Gasteiger partial charge in [-0.1, -0.05) is 12.1 Å². The van der Waals surface area contributed by atoms with Crippen molar-refractivity contribution >= 4 is 5.91 Å². The molecule has 0 spiro atoms. The Morgan fingerprint density at radius 3 is 2.35 bits per heavy atom. The van der Waals surface area contributed by atoms with Gasteiger partial charge in [0.1, 0.15) is 18.1 Å². The van der Waals surface area contributed by atoms with Gasteiger partial charge in [-0.3, -0.25) is 4.79 Å². The van der Waals surface area contributed by atoms with Crippen LogP contribution in [0, 0.1) is 13.8 Å². The van der Waals surface area contributed by atoms with Crippen molar-refractivity contribution in [3.05, 3.63) is 59.2 Å². The van der Waals surface area contributed by atoms with Gasteiger partial charge in [-0.25, -0.2) is 0 Å². The Morgan fingerprint density at radius 2 is 1.70 bits per heavy atom. The Labute approximate surface area is 137 Å². The molecule has 0 N–H and O–H groups in total. The Hall–Kier alpha value is -2.49. The van der Waals surface area contributed by atoms with Gasteiger partial charge in [-0.15, -0.1) is 0 Å². The molecule has 2 aromatic carbocycles. The van der Waals surface area contributed by atoms with Crippen LogP contribution in [-0.2, 0) is 0 Å². The van der Waals surface area contributed by atoms with Crippen LogP contribution in [0.3, 0.4) is 0 Å². The number of amides is 1. The number of benzene rings is 2. The van der Waals surface area contributed by atoms with E-state index in [2.05, 4.69) is 0 Å². The first kappa shape index (κ1) is 16.9. The fraction of sp³-hybridized carbons (Fsp3) is 0.316.